The highest BCUT2D eigenvalue weighted by atomic mass is 32.2. The van der Waals surface area contributed by atoms with E-state index < -0.39 is 41.4 Å². The van der Waals surface area contributed by atoms with Crippen LogP contribution >= 0.6 is 0 Å². The van der Waals surface area contributed by atoms with Gasteiger partial charge in [0, 0.05) is 102 Å². The topological polar surface area (TPSA) is 224 Å². The summed E-state index contributed by atoms with van der Waals surface area (Å²) < 4.78 is 75.0. The van der Waals surface area contributed by atoms with Crippen LogP contribution in [0.1, 0.15) is 112 Å². The van der Waals surface area contributed by atoms with Gasteiger partial charge in [0.05, 0.1) is 24.6 Å². The maximum atomic E-state index is 13.5. The van der Waals surface area contributed by atoms with Crippen molar-refractivity contribution in [1.82, 2.24) is 24.1 Å². The van der Waals surface area contributed by atoms with E-state index in [2.05, 4.69) is 74.1 Å². The summed E-state index contributed by atoms with van der Waals surface area (Å²) in [4.78, 5) is 33.8. The number of carbonyl (C=O) groups is 2. The highest BCUT2D eigenvalue weighted by molar-refractivity contribution is 7.91. The van der Waals surface area contributed by atoms with E-state index >= 15 is 0 Å². The maximum absolute atomic E-state index is 13.5. The first-order valence-electron chi connectivity index (χ1n) is 24.8. The number of nitrogens with zero attached hydrogens (tertiary/aromatic N) is 4. The van der Waals surface area contributed by atoms with Crippen molar-refractivity contribution in [3.05, 3.63) is 95.1 Å². The number of hydrogen-bond donors (Lipinski definition) is 3. The fourth-order valence-corrected chi connectivity index (χ4v) is 14.4. The molecule has 0 aliphatic carbocycles. The Labute approximate surface area is 418 Å². The number of carbonyl (C=O) groups excluding carboxylic acids is 1. The average Bonchev–Trinajstić information content (AvgIpc) is 3.40. The summed E-state index contributed by atoms with van der Waals surface area (Å²) in [5.41, 5.74) is 9.92. The van der Waals surface area contributed by atoms with E-state index in [0.717, 1.165) is 46.5 Å². The fraction of sp³-hybridized carbons (Fsp3) is 0.538. The van der Waals surface area contributed by atoms with Crippen LogP contribution in [-0.4, -0.2) is 133 Å². The second kappa shape index (κ2) is 23.7. The molecule has 1 amide bonds. The van der Waals surface area contributed by atoms with Gasteiger partial charge in [-0.1, -0.05) is 62.4 Å². The number of amides is 1. The van der Waals surface area contributed by atoms with E-state index in [1.54, 1.807) is 5.48 Å². The Morgan fingerprint density at radius 2 is 1.04 bits per heavy atom. The van der Waals surface area contributed by atoms with Crippen molar-refractivity contribution in [3.63, 3.8) is 0 Å². The molecule has 4 aliphatic rings. The van der Waals surface area contributed by atoms with Crippen LogP contribution in [0.4, 0.5) is 0 Å². The third kappa shape index (κ3) is 11.6. The normalized spacial score (nSPS) is 19.2. The molecule has 0 atom stereocenters. The molecule has 4 fully saturated rings. The number of carboxylic acids is 1. The highest BCUT2D eigenvalue weighted by Gasteiger charge is 2.56. The van der Waals surface area contributed by atoms with Gasteiger partial charge in [0.25, 0.3) is 5.91 Å². The molecule has 2 aromatic heterocycles. The van der Waals surface area contributed by atoms with E-state index in [1.807, 2.05) is 36.4 Å². The standard InChI is InChI=1S/C26H35N3O6S.C26H34N2O6S/c1-3-15-35-24-6-4-5-23(27-24)22-8-7-21(18-19(22)2)20-9-13-29(14-10-20)36(32,33)26(25(30)28-31)11-16-34-17-12-26;1-3-15-34-24-6-4-5-23(27-24)22-8-7-21(18-19(22)2)20-9-13-28(14-10-20)35(31,32)26(25(29)30)11-16-33-17-12-26/h4-8,18,20,31H,3,9-17H2,1-2H3,(H,28,30);4-8,18,20H,3,9-17H2,1-2H3,(H,29,30). The van der Waals surface area contributed by atoms with Gasteiger partial charge in [-0.3, -0.25) is 14.8 Å². The van der Waals surface area contributed by atoms with Gasteiger partial charge in [-0.2, -0.15) is 0 Å². The Bertz CT molecular complexity index is 2690. The number of sulfonamides is 2. The Kier molecular flexibility index (Phi) is 17.9. The molecule has 17 nitrogen and oxygen atoms in total. The molecule has 0 spiro atoms. The lowest BCUT2D eigenvalue weighted by Crippen LogP contribution is -2.60. The van der Waals surface area contributed by atoms with Crippen LogP contribution in [0.15, 0.2) is 72.8 Å². The van der Waals surface area contributed by atoms with E-state index in [0.29, 0.717) is 76.8 Å². The zero-order valence-electron chi connectivity index (χ0n) is 41.3. The summed E-state index contributed by atoms with van der Waals surface area (Å²) in [6, 6.07) is 24.2. The van der Waals surface area contributed by atoms with E-state index in [9.17, 15) is 36.7 Å². The first kappa shape index (κ1) is 53.8. The Morgan fingerprint density at radius 3 is 1.41 bits per heavy atom. The number of piperidine rings is 2. The lowest BCUT2D eigenvalue weighted by molar-refractivity contribution is -0.143. The van der Waals surface area contributed by atoms with Crippen LogP contribution in [0, 0.1) is 13.8 Å². The minimum Gasteiger partial charge on any atom is -0.480 e. The molecule has 8 rings (SSSR count). The largest absolute Gasteiger partial charge is 0.480 e. The second-order valence-corrected chi connectivity index (χ2v) is 23.4. The zero-order valence-corrected chi connectivity index (χ0v) is 42.9. The van der Waals surface area contributed by atoms with Crippen molar-refractivity contribution >= 4 is 31.9 Å². The lowest BCUT2D eigenvalue weighted by atomic mass is 9.88. The number of pyridine rings is 2. The average molecular weight is 1020 g/mol. The van der Waals surface area contributed by atoms with Crippen LogP contribution in [0.3, 0.4) is 0 Å². The van der Waals surface area contributed by atoms with Gasteiger partial charge in [0.2, 0.25) is 31.8 Å². The summed E-state index contributed by atoms with van der Waals surface area (Å²) in [5.74, 6) is -0.483. The molecule has 4 aliphatic heterocycles. The van der Waals surface area contributed by atoms with Crippen molar-refractivity contribution in [2.75, 3.05) is 65.8 Å². The van der Waals surface area contributed by atoms with Gasteiger partial charge >= 0.3 is 5.97 Å². The first-order chi connectivity index (χ1) is 34.1. The number of aryl methyl sites for hydroxylation is 2. The van der Waals surface area contributed by atoms with Crippen LogP contribution < -0.4 is 15.0 Å². The van der Waals surface area contributed by atoms with Crippen LogP contribution in [0.5, 0.6) is 11.8 Å². The minimum absolute atomic E-state index is 0.00995. The quantitative estimate of drug-likeness (QED) is 0.0735. The molecular formula is C52H69N5O12S2. The predicted molar refractivity (Wildman–Crippen MR) is 268 cm³/mol. The molecule has 4 aromatic rings. The number of aromatic nitrogens is 2. The van der Waals surface area contributed by atoms with Gasteiger partial charge in [-0.05, 0) is 98.6 Å². The van der Waals surface area contributed by atoms with E-state index in [1.165, 1.54) is 19.7 Å². The van der Waals surface area contributed by atoms with Gasteiger partial charge in [0.1, 0.15) is 0 Å². The van der Waals surface area contributed by atoms with Crippen LogP contribution in [-0.2, 0) is 39.1 Å². The van der Waals surface area contributed by atoms with Crippen LogP contribution in [0.2, 0.25) is 0 Å². The number of ether oxygens (including phenoxy) is 4. The molecular weight excluding hydrogens is 951 g/mol. The number of aliphatic carboxylic acids is 1. The monoisotopic (exact) mass is 1020 g/mol. The zero-order chi connectivity index (χ0) is 50.8. The van der Waals surface area contributed by atoms with E-state index in [-0.39, 0.29) is 63.9 Å². The first-order valence-corrected chi connectivity index (χ1v) is 27.7. The van der Waals surface area contributed by atoms with Crippen LogP contribution in [0.25, 0.3) is 22.5 Å². The molecule has 0 radical (unpaired) electrons. The van der Waals surface area contributed by atoms with Gasteiger partial charge < -0.3 is 24.1 Å². The summed E-state index contributed by atoms with van der Waals surface area (Å²) in [5, 5.41) is 19.1. The summed E-state index contributed by atoms with van der Waals surface area (Å²) >= 11 is 0. The Hall–Kier alpha value is -5.02. The van der Waals surface area contributed by atoms with Crippen molar-refractivity contribution in [1.29, 1.82) is 0 Å². The van der Waals surface area contributed by atoms with Crippen molar-refractivity contribution < 1.29 is 55.7 Å². The fourth-order valence-electron chi connectivity index (χ4n) is 10.2. The summed E-state index contributed by atoms with van der Waals surface area (Å²) in [6.07, 6.45) is 4.50. The molecule has 0 unspecified atom stereocenters. The number of benzene rings is 2. The number of nitrogens with one attached hydrogen (secondary N) is 1. The summed E-state index contributed by atoms with van der Waals surface area (Å²) in [7, 11) is -7.94. The third-order valence-electron chi connectivity index (χ3n) is 14.4. The smallest absolute Gasteiger partial charge is 0.326 e. The van der Waals surface area contributed by atoms with Crippen molar-refractivity contribution in [2.24, 2.45) is 0 Å². The SMILES string of the molecule is CCCOc1cccc(-c2ccc(C3CCN(S(=O)(=O)C4(C(=O)NO)CCOCC4)CC3)cc2C)n1.CCCOc1cccc(-c2ccc(C3CCN(S(=O)(=O)C4(C(=O)O)CCOCC4)CC3)cc2C)n1. The molecule has 6 heterocycles. The van der Waals surface area contributed by atoms with Crippen molar-refractivity contribution in [2.45, 2.75) is 113 Å². The molecule has 2 aromatic carbocycles. The molecule has 386 valence electrons. The molecule has 3 N–H and O–H groups in total. The maximum Gasteiger partial charge on any atom is 0.326 e. The minimum atomic E-state index is -3.98. The second-order valence-electron chi connectivity index (χ2n) is 18.9. The van der Waals surface area contributed by atoms with Gasteiger partial charge in [-0.25, -0.2) is 40.9 Å². The van der Waals surface area contributed by atoms with Gasteiger partial charge in [-0.15, -0.1) is 0 Å². The number of hydroxylamine groups is 1. The number of carboxylic acid groups (broad SMARTS) is 1. The van der Waals surface area contributed by atoms with Gasteiger partial charge in [0.15, 0.2) is 9.49 Å². The Morgan fingerprint density at radius 1 is 0.648 bits per heavy atom. The molecule has 71 heavy (non-hydrogen) atoms. The highest BCUT2D eigenvalue weighted by Crippen LogP contribution is 2.40. The number of rotatable bonds is 16. The lowest BCUT2D eigenvalue weighted by Gasteiger charge is -2.40. The molecule has 4 saturated heterocycles. The third-order valence-corrected chi connectivity index (χ3v) is 19.7. The molecule has 19 heteroatoms. The molecule has 0 saturated carbocycles. The Balaban J connectivity index is 0.000000209. The molecule has 0 bridgehead atoms. The summed E-state index contributed by atoms with van der Waals surface area (Å²) in [6.45, 7) is 11.4. The van der Waals surface area contributed by atoms with Crippen molar-refractivity contribution in [3.8, 4) is 34.3 Å². The number of hydrogen-bond acceptors (Lipinski definition) is 13. The van der Waals surface area contributed by atoms with E-state index in [4.69, 9.17) is 18.9 Å². The predicted octanol–water partition coefficient (Wildman–Crippen LogP) is 7.40.